The highest BCUT2D eigenvalue weighted by molar-refractivity contribution is 5.87. The summed E-state index contributed by atoms with van der Waals surface area (Å²) in [5.41, 5.74) is 2.18. The average molecular weight is 236 g/mol. The van der Waals surface area contributed by atoms with Crippen molar-refractivity contribution in [1.82, 2.24) is 5.32 Å². The van der Waals surface area contributed by atoms with E-state index < -0.39 is 0 Å². The van der Waals surface area contributed by atoms with E-state index in [0.717, 1.165) is 18.0 Å². The van der Waals surface area contributed by atoms with Crippen LogP contribution in [0.3, 0.4) is 0 Å². The molecule has 0 aliphatic heterocycles. The van der Waals surface area contributed by atoms with Gasteiger partial charge in [-0.2, -0.15) is 5.26 Å². The normalized spacial score (nSPS) is 21.8. The number of nitriles is 1. The lowest BCUT2D eigenvalue weighted by molar-refractivity contribution is 0.699. The first-order valence-corrected chi connectivity index (χ1v) is 6.41. The molecule has 1 N–H and O–H groups in total. The van der Waals surface area contributed by atoms with Crippen molar-refractivity contribution in [2.75, 3.05) is 13.6 Å². The fourth-order valence-corrected chi connectivity index (χ4v) is 2.82. The highest BCUT2D eigenvalue weighted by Gasteiger charge is 2.38. The monoisotopic (exact) mass is 236 g/mol. The quantitative estimate of drug-likeness (QED) is 0.889. The van der Waals surface area contributed by atoms with Gasteiger partial charge in [0.15, 0.2) is 0 Å². The first kappa shape index (κ1) is 11.3. The molecule has 0 saturated heterocycles. The predicted octanol–water partition coefficient (Wildman–Crippen LogP) is 3.03. The molecular formula is C16H16N2. The lowest BCUT2D eigenvalue weighted by atomic mass is 9.98. The van der Waals surface area contributed by atoms with Crippen LogP contribution >= 0.6 is 0 Å². The largest absolute Gasteiger partial charge is 0.319 e. The van der Waals surface area contributed by atoms with Crippen LogP contribution in [0.25, 0.3) is 10.8 Å². The van der Waals surface area contributed by atoms with E-state index in [1.54, 1.807) is 0 Å². The molecule has 2 unspecified atom stereocenters. The van der Waals surface area contributed by atoms with Crippen LogP contribution in [0.5, 0.6) is 0 Å². The Hall–Kier alpha value is -1.85. The number of nitrogens with one attached hydrogen (secondary N) is 1. The third kappa shape index (κ3) is 1.87. The van der Waals surface area contributed by atoms with Crippen molar-refractivity contribution in [3.8, 4) is 6.07 Å². The van der Waals surface area contributed by atoms with Crippen molar-refractivity contribution in [3.63, 3.8) is 0 Å². The molecule has 0 heterocycles. The molecule has 0 bridgehead atoms. The predicted molar refractivity (Wildman–Crippen MR) is 73.4 cm³/mol. The average Bonchev–Trinajstić information content (AvgIpc) is 3.17. The Morgan fingerprint density at radius 1 is 1.33 bits per heavy atom. The zero-order valence-corrected chi connectivity index (χ0v) is 10.5. The highest BCUT2D eigenvalue weighted by atomic mass is 14.8. The van der Waals surface area contributed by atoms with Crippen LogP contribution in [-0.2, 0) is 0 Å². The minimum Gasteiger partial charge on any atom is -0.319 e. The molecule has 90 valence electrons. The van der Waals surface area contributed by atoms with Crippen molar-refractivity contribution in [2.45, 2.75) is 12.3 Å². The van der Waals surface area contributed by atoms with Crippen molar-refractivity contribution in [3.05, 3.63) is 47.5 Å². The maximum atomic E-state index is 8.94. The first-order valence-electron chi connectivity index (χ1n) is 6.41. The lowest BCUT2D eigenvalue weighted by Gasteiger charge is -2.06. The Morgan fingerprint density at radius 2 is 2.22 bits per heavy atom. The Bertz CT molecular complexity index is 625. The zero-order valence-electron chi connectivity index (χ0n) is 10.5. The summed E-state index contributed by atoms with van der Waals surface area (Å²) in [7, 11) is 2.01. The van der Waals surface area contributed by atoms with Crippen LogP contribution in [0.4, 0.5) is 0 Å². The first-order chi connectivity index (χ1) is 8.83. The summed E-state index contributed by atoms with van der Waals surface area (Å²) < 4.78 is 0. The van der Waals surface area contributed by atoms with Gasteiger partial charge in [0.25, 0.3) is 0 Å². The molecule has 1 saturated carbocycles. The van der Waals surface area contributed by atoms with Crippen LogP contribution in [0, 0.1) is 17.2 Å². The lowest BCUT2D eigenvalue weighted by Crippen LogP contribution is -2.10. The Balaban J connectivity index is 2.01. The smallest absolute Gasteiger partial charge is 0.0991 e. The maximum Gasteiger partial charge on any atom is 0.0991 e. The van der Waals surface area contributed by atoms with E-state index in [1.807, 2.05) is 19.2 Å². The number of hydrogen-bond donors (Lipinski definition) is 1. The third-order valence-corrected chi connectivity index (χ3v) is 3.83. The Kier molecular flexibility index (Phi) is 2.77. The summed E-state index contributed by atoms with van der Waals surface area (Å²) in [6, 6.07) is 14.6. The SMILES string of the molecule is CNCC1CC1c1cccc2cc(C#N)ccc12. The minimum atomic E-state index is 0.689. The number of nitrogens with zero attached hydrogens (tertiary/aromatic N) is 1. The molecular weight excluding hydrogens is 220 g/mol. The minimum absolute atomic E-state index is 0.689. The van der Waals surface area contributed by atoms with Crippen LogP contribution in [-0.4, -0.2) is 13.6 Å². The van der Waals surface area contributed by atoms with Crippen molar-refractivity contribution in [1.29, 1.82) is 5.26 Å². The molecule has 1 aliphatic rings. The van der Waals surface area contributed by atoms with Crippen molar-refractivity contribution < 1.29 is 0 Å². The fourth-order valence-electron chi connectivity index (χ4n) is 2.82. The van der Waals surface area contributed by atoms with Gasteiger partial charge in [0.1, 0.15) is 0 Å². The molecule has 0 radical (unpaired) electrons. The van der Waals surface area contributed by atoms with E-state index in [4.69, 9.17) is 5.26 Å². The van der Waals surface area contributed by atoms with Gasteiger partial charge in [-0.1, -0.05) is 24.3 Å². The molecule has 1 fully saturated rings. The molecule has 2 heteroatoms. The molecule has 2 atom stereocenters. The Morgan fingerprint density at radius 3 is 3.00 bits per heavy atom. The van der Waals surface area contributed by atoms with E-state index in [0.29, 0.717) is 5.92 Å². The van der Waals surface area contributed by atoms with Crippen LogP contribution in [0.15, 0.2) is 36.4 Å². The van der Waals surface area contributed by atoms with Crippen LogP contribution in [0.2, 0.25) is 0 Å². The van der Waals surface area contributed by atoms with E-state index in [1.165, 1.54) is 22.8 Å². The number of rotatable bonds is 3. The standard InChI is InChI=1S/C16H16N2/c1-18-10-13-8-16(13)15-4-2-3-12-7-11(9-17)5-6-14(12)15/h2-7,13,16,18H,8,10H2,1H3. The van der Waals surface area contributed by atoms with Gasteiger partial charge in [-0.3, -0.25) is 0 Å². The summed E-state index contributed by atoms with van der Waals surface area (Å²) in [6.07, 6.45) is 1.28. The van der Waals surface area contributed by atoms with Crippen LogP contribution in [0.1, 0.15) is 23.5 Å². The number of fused-ring (bicyclic) bond motifs is 1. The molecule has 0 aromatic heterocycles. The van der Waals surface area contributed by atoms with Gasteiger partial charge in [-0.25, -0.2) is 0 Å². The second-order valence-corrected chi connectivity index (χ2v) is 5.05. The van der Waals surface area contributed by atoms with Gasteiger partial charge in [0.05, 0.1) is 11.6 Å². The zero-order chi connectivity index (χ0) is 12.5. The number of benzene rings is 2. The summed E-state index contributed by atoms with van der Waals surface area (Å²) in [5.74, 6) is 1.46. The molecule has 0 amide bonds. The van der Waals surface area contributed by atoms with Gasteiger partial charge < -0.3 is 5.32 Å². The molecule has 2 aromatic rings. The molecule has 2 aromatic carbocycles. The van der Waals surface area contributed by atoms with Gasteiger partial charge >= 0.3 is 0 Å². The molecule has 18 heavy (non-hydrogen) atoms. The topological polar surface area (TPSA) is 35.8 Å². The molecule has 0 spiro atoms. The summed E-state index contributed by atoms with van der Waals surface area (Å²) >= 11 is 0. The van der Waals surface area contributed by atoms with Crippen molar-refractivity contribution in [2.24, 2.45) is 5.92 Å². The maximum absolute atomic E-state index is 8.94. The van der Waals surface area contributed by atoms with Gasteiger partial charge in [0.2, 0.25) is 0 Å². The van der Waals surface area contributed by atoms with E-state index in [2.05, 4.69) is 35.7 Å². The van der Waals surface area contributed by atoms with Crippen LogP contribution < -0.4 is 5.32 Å². The summed E-state index contributed by atoms with van der Waals surface area (Å²) in [6.45, 7) is 1.09. The second kappa shape index (κ2) is 4.44. The molecule has 2 nitrogen and oxygen atoms in total. The van der Waals surface area contributed by atoms with Gasteiger partial charge in [-0.05, 0) is 60.3 Å². The summed E-state index contributed by atoms with van der Waals surface area (Å²) in [5, 5.41) is 14.7. The Labute approximate surface area is 107 Å². The molecule has 3 rings (SSSR count). The number of hydrogen-bond acceptors (Lipinski definition) is 2. The molecule has 1 aliphatic carbocycles. The van der Waals surface area contributed by atoms with E-state index in [9.17, 15) is 0 Å². The van der Waals surface area contributed by atoms with Gasteiger partial charge in [0, 0.05) is 0 Å². The second-order valence-electron chi connectivity index (χ2n) is 5.05. The third-order valence-electron chi connectivity index (χ3n) is 3.83. The fraction of sp³-hybridized carbons (Fsp3) is 0.312. The van der Waals surface area contributed by atoms with Gasteiger partial charge in [-0.15, -0.1) is 0 Å². The van der Waals surface area contributed by atoms with E-state index in [-0.39, 0.29) is 0 Å². The summed E-state index contributed by atoms with van der Waals surface area (Å²) in [4.78, 5) is 0. The van der Waals surface area contributed by atoms with E-state index >= 15 is 0 Å². The van der Waals surface area contributed by atoms with Crippen molar-refractivity contribution >= 4 is 10.8 Å². The highest BCUT2D eigenvalue weighted by Crippen LogP contribution is 2.48.